The molecule has 3 aromatic rings. The number of nitrogens with one attached hydrogen (secondary N) is 2. The Morgan fingerprint density at radius 2 is 1.44 bits per heavy atom. The van der Waals surface area contributed by atoms with E-state index in [9.17, 15) is 9.59 Å². The van der Waals surface area contributed by atoms with Crippen molar-refractivity contribution in [2.24, 2.45) is 11.8 Å². The third-order valence-electron chi connectivity index (χ3n) is 9.04. The smallest absolute Gasteiger partial charge is 0.278 e. The second-order valence-electron chi connectivity index (χ2n) is 11.5. The van der Waals surface area contributed by atoms with Gasteiger partial charge in [0.25, 0.3) is 11.1 Å². The summed E-state index contributed by atoms with van der Waals surface area (Å²) in [6, 6.07) is 12.2. The first-order valence-electron chi connectivity index (χ1n) is 14.1. The molecule has 190 valence electrons. The number of piperidine rings is 2. The summed E-state index contributed by atoms with van der Waals surface area (Å²) in [4.78, 5) is 33.0. The number of nitrogens with zero attached hydrogens (tertiary/aromatic N) is 2. The molecule has 4 aliphatic rings. The average Bonchev–Trinajstić information content (AvgIpc) is 2.89. The highest BCUT2D eigenvalue weighted by Gasteiger charge is 2.33. The number of aromatic nitrogens is 3. The van der Waals surface area contributed by atoms with E-state index in [2.05, 4.69) is 15.3 Å². The number of benzene rings is 1. The van der Waals surface area contributed by atoms with E-state index >= 15 is 0 Å². The minimum Gasteiger partial charge on any atom is -0.329 e. The van der Waals surface area contributed by atoms with Crippen molar-refractivity contribution in [3.8, 4) is 11.3 Å². The average molecular weight is 487 g/mol. The van der Waals surface area contributed by atoms with Gasteiger partial charge in [0.05, 0.1) is 16.6 Å². The molecule has 6 heteroatoms. The molecule has 2 saturated carbocycles. The third kappa shape index (κ3) is 4.80. The van der Waals surface area contributed by atoms with E-state index in [-0.39, 0.29) is 22.9 Å². The molecule has 2 aliphatic carbocycles. The molecular weight excluding hydrogens is 448 g/mol. The maximum Gasteiger partial charge on any atom is 0.278 e. The third-order valence-corrected chi connectivity index (χ3v) is 9.04. The molecule has 0 spiro atoms. The fourth-order valence-corrected chi connectivity index (χ4v) is 7.37. The molecule has 0 amide bonds. The van der Waals surface area contributed by atoms with Crippen molar-refractivity contribution in [2.45, 2.75) is 95.2 Å². The molecule has 2 aromatic heterocycles. The van der Waals surface area contributed by atoms with Crippen LogP contribution in [0.2, 0.25) is 0 Å². The van der Waals surface area contributed by atoms with Gasteiger partial charge in [-0.15, -0.1) is 0 Å². The summed E-state index contributed by atoms with van der Waals surface area (Å²) in [5.74, 6) is 2.30. The lowest BCUT2D eigenvalue weighted by molar-refractivity contribution is 0.189. The van der Waals surface area contributed by atoms with Gasteiger partial charge in [-0.05, 0) is 68.2 Å². The van der Waals surface area contributed by atoms with Crippen LogP contribution >= 0.6 is 0 Å². The molecule has 4 fully saturated rings. The highest BCUT2D eigenvalue weighted by atomic mass is 16.1. The van der Waals surface area contributed by atoms with E-state index in [1.54, 1.807) is 50.4 Å². The van der Waals surface area contributed by atoms with Gasteiger partial charge < -0.3 is 14.9 Å². The minimum atomic E-state index is -0.286. The van der Waals surface area contributed by atoms with Crippen LogP contribution in [0.3, 0.4) is 0 Å². The predicted octanol–water partition coefficient (Wildman–Crippen LogP) is 5.57. The zero-order valence-electron chi connectivity index (χ0n) is 21.1. The fraction of sp³-hybridized carbons (Fsp3) is 0.567. The zero-order chi connectivity index (χ0) is 24.5. The van der Waals surface area contributed by atoms with Crippen LogP contribution in [0.15, 0.2) is 52.2 Å². The van der Waals surface area contributed by atoms with Gasteiger partial charge in [-0.25, -0.2) is 4.98 Å². The zero-order valence-corrected chi connectivity index (χ0v) is 21.1. The summed E-state index contributed by atoms with van der Waals surface area (Å²) in [7, 11) is 0. The second kappa shape index (κ2) is 10.3. The highest BCUT2D eigenvalue weighted by Crippen LogP contribution is 2.39. The fourth-order valence-electron chi connectivity index (χ4n) is 7.37. The Bertz CT molecular complexity index is 1300. The monoisotopic (exact) mass is 486 g/mol. The van der Waals surface area contributed by atoms with Crippen molar-refractivity contribution in [1.29, 1.82) is 0 Å². The number of H-pyrrole nitrogens is 1. The Labute approximate surface area is 212 Å². The van der Waals surface area contributed by atoms with Gasteiger partial charge in [0.2, 0.25) is 0 Å². The highest BCUT2D eigenvalue weighted by molar-refractivity contribution is 5.77. The topological polar surface area (TPSA) is 79.8 Å². The van der Waals surface area contributed by atoms with Crippen molar-refractivity contribution in [2.75, 3.05) is 0 Å². The summed E-state index contributed by atoms with van der Waals surface area (Å²) in [5.41, 5.74) is 1.71. The number of pyridine rings is 1. The molecule has 4 bridgehead atoms. The lowest BCUT2D eigenvalue weighted by atomic mass is 9.72. The Morgan fingerprint density at radius 3 is 2.11 bits per heavy atom. The van der Waals surface area contributed by atoms with E-state index in [1.807, 2.05) is 28.8 Å². The van der Waals surface area contributed by atoms with Crippen molar-refractivity contribution in [3.63, 3.8) is 0 Å². The van der Waals surface area contributed by atoms with Crippen LogP contribution in [-0.4, -0.2) is 26.6 Å². The Morgan fingerprint density at radius 1 is 0.778 bits per heavy atom. The molecule has 2 unspecified atom stereocenters. The normalized spacial score (nSPS) is 29.3. The second-order valence-corrected chi connectivity index (χ2v) is 11.5. The number of para-hydroxylation sites is 2. The number of hydrogen-bond acceptors (Lipinski definition) is 4. The van der Waals surface area contributed by atoms with Gasteiger partial charge >= 0.3 is 0 Å². The van der Waals surface area contributed by atoms with Gasteiger partial charge in [-0.1, -0.05) is 57.1 Å². The van der Waals surface area contributed by atoms with Crippen LogP contribution < -0.4 is 16.4 Å². The molecule has 6 nitrogen and oxygen atoms in total. The van der Waals surface area contributed by atoms with Gasteiger partial charge in [0.15, 0.2) is 0 Å². The van der Waals surface area contributed by atoms with E-state index in [0.29, 0.717) is 17.6 Å². The molecule has 2 saturated heterocycles. The molecule has 2 N–H and O–H groups in total. The van der Waals surface area contributed by atoms with Crippen LogP contribution in [0, 0.1) is 11.8 Å². The number of fused-ring (bicyclic) bond motifs is 5. The summed E-state index contributed by atoms with van der Waals surface area (Å²) < 4.78 is 1.90. The lowest BCUT2D eigenvalue weighted by Gasteiger charge is -2.41. The standard InChI is InChI=1S/C21H22N4O2.C9H16/c26-20-16(7-4-10-22-20)19-21(27)25(18-9-2-1-8-17(18)24-19)15-11-13-5-3-6-14(12-15)23-13;1-3-8-5-2-6-9(4-1)7-8/h1-2,4,7-10,13-15,23H,3,5-6,11-12H2,(H,22,26);8-9H,1-7H2. The number of hydrogen-bond donors (Lipinski definition) is 2. The Kier molecular flexibility index (Phi) is 6.79. The summed E-state index contributed by atoms with van der Waals surface area (Å²) >= 11 is 0. The largest absolute Gasteiger partial charge is 0.329 e. The Hall–Kier alpha value is -2.73. The number of aromatic amines is 1. The summed E-state index contributed by atoms with van der Waals surface area (Å²) in [6.07, 6.45) is 17.9. The van der Waals surface area contributed by atoms with Crippen LogP contribution in [-0.2, 0) is 0 Å². The quantitative estimate of drug-likeness (QED) is 0.496. The SMILES string of the molecule is C1CC2CCCC(C1)C2.O=c1[nH]cccc1-c1nc2ccccc2n(C2CC3CCCC(C2)N3)c1=O. The van der Waals surface area contributed by atoms with Crippen LogP contribution in [0.25, 0.3) is 22.3 Å². The van der Waals surface area contributed by atoms with Crippen LogP contribution in [0.4, 0.5) is 0 Å². The molecule has 0 radical (unpaired) electrons. The summed E-state index contributed by atoms with van der Waals surface area (Å²) in [5, 5.41) is 3.69. The van der Waals surface area contributed by atoms with Crippen molar-refractivity contribution >= 4 is 11.0 Å². The van der Waals surface area contributed by atoms with Gasteiger partial charge in [0, 0.05) is 24.3 Å². The molecule has 4 heterocycles. The van der Waals surface area contributed by atoms with E-state index in [1.165, 1.54) is 19.3 Å². The van der Waals surface area contributed by atoms with Crippen LogP contribution in [0.5, 0.6) is 0 Å². The molecule has 36 heavy (non-hydrogen) atoms. The van der Waals surface area contributed by atoms with Crippen molar-refractivity contribution in [1.82, 2.24) is 19.9 Å². The van der Waals surface area contributed by atoms with Crippen molar-refractivity contribution < 1.29 is 0 Å². The van der Waals surface area contributed by atoms with Gasteiger partial charge in [-0.2, -0.15) is 0 Å². The van der Waals surface area contributed by atoms with E-state index < -0.39 is 0 Å². The molecule has 7 rings (SSSR count). The van der Waals surface area contributed by atoms with Gasteiger partial charge in [-0.3, -0.25) is 9.59 Å². The minimum absolute atomic E-state index is 0.128. The Balaban J connectivity index is 0.000000223. The predicted molar refractivity (Wildman–Crippen MR) is 144 cm³/mol. The molecule has 2 aliphatic heterocycles. The lowest BCUT2D eigenvalue weighted by Crippen LogP contribution is -2.50. The van der Waals surface area contributed by atoms with Gasteiger partial charge in [0.1, 0.15) is 5.69 Å². The first kappa shape index (κ1) is 23.7. The van der Waals surface area contributed by atoms with E-state index in [0.717, 1.165) is 48.6 Å². The maximum absolute atomic E-state index is 13.5. The summed E-state index contributed by atoms with van der Waals surface area (Å²) in [6.45, 7) is 0. The van der Waals surface area contributed by atoms with E-state index in [4.69, 9.17) is 0 Å². The molecule has 2 atom stereocenters. The first-order valence-corrected chi connectivity index (χ1v) is 14.1. The number of rotatable bonds is 2. The van der Waals surface area contributed by atoms with Crippen molar-refractivity contribution in [3.05, 3.63) is 63.3 Å². The molecular formula is C30H38N4O2. The first-order chi connectivity index (χ1) is 17.7. The maximum atomic E-state index is 13.5. The van der Waals surface area contributed by atoms with Crippen LogP contribution in [0.1, 0.15) is 83.1 Å². The molecule has 1 aromatic carbocycles.